The number of nitrogens with one attached hydrogen (secondary N) is 1. The van der Waals surface area contributed by atoms with Crippen LogP contribution in [0.25, 0.3) is 0 Å². The Balaban J connectivity index is 2.30. The Bertz CT molecular complexity index is 158. The molecule has 0 saturated heterocycles. The molecule has 0 spiro atoms. The number of ether oxygens (including phenoxy) is 1. The Hall–Kier alpha value is -0.120. The minimum atomic E-state index is 0.224. The molecule has 1 rings (SSSR count). The number of nitrogens with two attached hydrogens (primary N) is 1. The van der Waals surface area contributed by atoms with Crippen LogP contribution in [0.5, 0.6) is 0 Å². The molecular formula is C12H26N2O. The summed E-state index contributed by atoms with van der Waals surface area (Å²) in [7, 11) is 0. The van der Waals surface area contributed by atoms with Gasteiger partial charge < -0.3 is 4.74 Å². The summed E-state index contributed by atoms with van der Waals surface area (Å²) in [5.41, 5.74) is 2.91. The van der Waals surface area contributed by atoms with Crippen molar-refractivity contribution >= 4 is 0 Å². The first-order valence-electron chi connectivity index (χ1n) is 6.35. The van der Waals surface area contributed by atoms with E-state index in [9.17, 15) is 0 Å². The van der Waals surface area contributed by atoms with Crippen molar-refractivity contribution in [3.05, 3.63) is 0 Å². The van der Waals surface area contributed by atoms with Crippen LogP contribution in [0.3, 0.4) is 0 Å². The molecule has 3 heteroatoms. The van der Waals surface area contributed by atoms with Crippen LogP contribution in [0.1, 0.15) is 52.4 Å². The molecular weight excluding hydrogens is 188 g/mol. The van der Waals surface area contributed by atoms with Gasteiger partial charge in [0.15, 0.2) is 0 Å². The summed E-state index contributed by atoms with van der Waals surface area (Å²) >= 11 is 0. The molecule has 2 atom stereocenters. The van der Waals surface area contributed by atoms with Crippen LogP contribution in [0.4, 0.5) is 0 Å². The molecule has 0 aromatic rings. The van der Waals surface area contributed by atoms with Crippen LogP contribution < -0.4 is 11.3 Å². The van der Waals surface area contributed by atoms with Crippen molar-refractivity contribution in [2.24, 2.45) is 11.8 Å². The Labute approximate surface area is 93.7 Å². The van der Waals surface area contributed by atoms with E-state index in [4.69, 9.17) is 10.6 Å². The largest absolute Gasteiger partial charge is 0.377 e. The van der Waals surface area contributed by atoms with Gasteiger partial charge in [-0.25, -0.2) is 0 Å². The van der Waals surface area contributed by atoms with Gasteiger partial charge in [0.1, 0.15) is 0 Å². The number of hydrogen-bond acceptors (Lipinski definition) is 3. The van der Waals surface area contributed by atoms with Crippen LogP contribution in [-0.4, -0.2) is 18.8 Å². The predicted molar refractivity (Wildman–Crippen MR) is 63.4 cm³/mol. The lowest BCUT2D eigenvalue weighted by molar-refractivity contribution is 0.0386. The van der Waals surface area contributed by atoms with E-state index < -0.39 is 0 Å². The number of hydrogen-bond donors (Lipinski definition) is 2. The molecule has 1 fully saturated rings. The first-order chi connectivity index (χ1) is 7.27. The smallest absolute Gasteiger partial charge is 0.0713 e. The molecule has 0 heterocycles. The Kier molecular flexibility index (Phi) is 6.22. The van der Waals surface area contributed by atoms with Crippen molar-refractivity contribution in [3.8, 4) is 0 Å². The number of rotatable bonds is 6. The van der Waals surface area contributed by atoms with Gasteiger partial charge in [0.25, 0.3) is 0 Å². The lowest BCUT2D eigenvalue weighted by Gasteiger charge is -2.29. The molecule has 0 aromatic heterocycles. The van der Waals surface area contributed by atoms with Gasteiger partial charge in [-0.1, -0.05) is 32.1 Å². The van der Waals surface area contributed by atoms with E-state index in [-0.39, 0.29) is 6.10 Å². The van der Waals surface area contributed by atoms with Gasteiger partial charge in [0.2, 0.25) is 0 Å². The van der Waals surface area contributed by atoms with E-state index in [0.29, 0.717) is 6.04 Å². The first-order valence-corrected chi connectivity index (χ1v) is 6.35. The second-order valence-corrected chi connectivity index (χ2v) is 4.67. The fraction of sp³-hybridized carbons (Fsp3) is 1.00. The normalized spacial score (nSPS) is 22.6. The fourth-order valence-electron chi connectivity index (χ4n) is 2.56. The molecule has 90 valence electrons. The van der Waals surface area contributed by atoms with Gasteiger partial charge in [-0.2, -0.15) is 0 Å². The molecule has 0 radical (unpaired) electrons. The van der Waals surface area contributed by atoms with Crippen LogP contribution >= 0.6 is 0 Å². The zero-order valence-corrected chi connectivity index (χ0v) is 10.2. The maximum Gasteiger partial charge on any atom is 0.0713 e. The third-order valence-corrected chi connectivity index (χ3v) is 3.52. The van der Waals surface area contributed by atoms with E-state index in [2.05, 4.69) is 12.3 Å². The molecule has 3 N–H and O–H groups in total. The van der Waals surface area contributed by atoms with Gasteiger partial charge >= 0.3 is 0 Å². The van der Waals surface area contributed by atoms with Crippen molar-refractivity contribution in [1.82, 2.24) is 5.43 Å². The average molecular weight is 214 g/mol. The maximum atomic E-state index is 5.59. The molecule has 0 aromatic carbocycles. The summed E-state index contributed by atoms with van der Waals surface area (Å²) in [6, 6.07) is 0.313. The van der Waals surface area contributed by atoms with Gasteiger partial charge in [0.05, 0.1) is 6.10 Å². The summed E-state index contributed by atoms with van der Waals surface area (Å²) < 4.78 is 5.59. The molecule has 0 amide bonds. The summed E-state index contributed by atoms with van der Waals surface area (Å²) in [5.74, 6) is 6.44. The second kappa shape index (κ2) is 7.20. The fourth-order valence-corrected chi connectivity index (χ4v) is 2.56. The minimum Gasteiger partial charge on any atom is -0.377 e. The van der Waals surface area contributed by atoms with Gasteiger partial charge in [0, 0.05) is 12.6 Å². The number of hydrazine groups is 1. The second-order valence-electron chi connectivity index (χ2n) is 4.67. The SMILES string of the molecule is CCOC(C)C(CC1CCCCC1)NN. The third kappa shape index (κ3) is 4.49. The highest BCUT2D eigenvalue weighted by Gasteiger charge is 2.22. The molecule has 0 aliphatic heterocycles. The Morgan fingerprint density at radius 3 is 2.53 bits per heavy atom. The molecule has 0 bridgehead atoms. The van der Waals surface area contributed by atoms with Gasteiger partial charge in [-0.3, -0.25) is 11.3 Å². The lowest BCUT2D eigenvalue weighted by Crippen LogP contribution is -2.45. The van der Waals surface area contributed by atoms with Crippen molar-refractivity contribution in [2.45, 2.75) is 64.5 Å². The maximum absolute atomic E-state index is 5.59. The van der Waals surface area contributed by atoms with E-state index >= 15 is 0 Å². The third-order valence-electron chi connectivity index (χ3n) is 3.52. The van der Waals surface area contributed by atoms with Crippen LogP contribution in [0, 0.1) is 5.92 Å². The summed E-state index contributed by atoms with van der Waals surface area (Å²) in [6.45, 7) is 4.91. The molecule has 1 saturated carbocycles. The van der Waals surface area contributed by atoms with Crippen molar-refractivity contribution in [1.29, 1.82) is 0 Å². The van der Waals surface area contributed by atoms with Crippen molar-refractivity contribution < 1.29 is 4.74 Å². The lowest BCUT2D eigenvalue weighted by atomic mass is 9.84. The first kappa shape index (κ1) is 12.9. The molecule has 1 aliphatic carbocycles. The van der Waals surface area contributed by atoms with Crippen LogP contribution in [0.15, 0.2) is 0 Å². The molecule has 3 nitrogen and oxygen atoms in total. The highest BCUT2D eigenvalue weighted by atomic mass is 16.5. The standard InChI is InChI=1S/C12H26N2O/c1-3-15-10(2)12(14-13)9-11-7-5-4-6-8-11/h10-12,14H,3-9,13H2,1-2H3. The topological polar surface area (TPSA) is 47.3 Å². The van der Waals surface area contributed by atoms with E-state index in [1.54, 1.807) is 0 Å². The van der Waals surface area contributed by atoms with Crippen molar-refractivity contribution in [2.75, 3.05) is 6.61 Å². The Morgan fingerprint density at radius 1 is 1.33 bits per heavy atom. The van der Waals surface area contributed by atoms with Crippen LogP contribution in [0.2, 0.25) is 0 Å². The van der Waals surface area contributed by atoms with Gasteiger partial charge in [-0.05, 0) is 26.2 Å². The van der Waals surface area contributed by atoms with Crippen LogP contribution in [-0.2, 0) is 4.74 Å². The van der Waals surface area contributed by atoms with Gasteiger partial charge in [-0.15, -0.1) is 0 Å². The summed E-state index contributed by atoms with van der Waals surface area (Å²) in [4.78, 5) is 0. The zero-order valence-electron chi connectivity index (χ0n) is 10.2. The van der Waals surface area contributed by atoms with E-state index in [1.807, 2.05) is 6.92 Å². The predicted octanol–water partition coefficient (Wildman–Crippen LogP) is 2.21. The van der Waals surface area contributed by atoms with E-state index in [0.717, 1.165) is 18.9 Å². The van der Waals surface area contributed by atoms with Crippen molar-refractivity contribution in [3.63, 3.8) is 0 Å². The quantitative estimate of drug-likeness (QED) is 0.526. The average Bonchev–Trinajstić information content (AvgIpc) is 2.27. The molecule has 15 heavy (non-hydrogen) atoms. The zero-order chi connectivity index (χ0) is 11.1. The highest BCUT2D eigenvalue weighted by Crippen LogP contribution is 2.28. The molecule has 1 aliphatic rings. The summed E-state index contributed by atoms with van der Waals surface area (Å²) in [5, 5.41) is 0. The minimum absolute atomic E-state index is 0.224. The monoisotopic (exact) mass is 214 g/mol. The Morgan fingerprint density at radius 2 is 2.00 bits per heavy atom. The van der Waals surface area contributed by atoms with E-state index in [1.165, 1.54) is 32.1 Å². The molecule has 2 unspecified atom stereocenters. The highest BCUT2D eigenvalue weighted by molar-refractivity contribution is 4.77. The summed E-state index contributed by atoms with van der Waals surface area (Å²) in [6.07, 6.45) is 8.34.